The second-order valence-corrected chi connectivity index (χ2v) is 9.32. The molecule has 154 valence electrons. The molecule has 0 radical (unpaired) electrons. The van der Waals surface area contributed by atoms with E-state index in [9.17, 15) is 18.0 Å². The molecule has 6 nitrogen and oxygen atoms in total. The van der Waals surface area contributed by atoms with E-state index in [4.69, 9.17) is 4.74 Å². The van der Waals surface area contributed by atoms with E-state index in [1.165, 1.54) is 7.11 Å². The standard InChI is InChI=1S/C22H25NO5S/c1-28-18-7-9-19(10-8-18)29(26,27)20-13-15-23(16-14-20)22(25)12-11-21(24)17-5-3-2-4-6-17/h2-10,20H,11-16H2,1H3. The molecule has 29 heavy (non-hydrogen) atoms. The topological polar surface area (TPSA) is 80.8 Å². The van der Waals surface area contributed by atoms with Crippen molar-refractivity contribution in [3.05, 3.63) is 60.2 Å². The Morgan fingerprint density at radius 1 is 0.966 bits per heavy atom. The summed E-state index contributed by atoms with van der Waals surface area (Å²) < 4.78 is 30.8. The number of methoxy groups -OCH3 is 1. The van der Waals surface area contributed by atoms with Crippen molar-refractivity contribution in [3.63, 3.8) is 0 Å². The van der Waals surface area contributed by atoms with Gasteiger partial charge in [0.05, 0.1) is 17.3 Å². The molecule has 0 aromatic heterocycles. The predicted octanol–water partition coefficient (Wildman–Crippen LogP) is 3.12. The summed E-state index contributed by atoms with van der Waals surface area (Å²) in [4.78, 5) is 26.5. The quantitative estimate of drug-likeness (QED) is 0.649. The number of carbonyl (C=O) groups is 2. The van der Waals surface area contributed by atoms with Gasteiger partial charge in [-0.3, -0.25) is 9.59 Å². The molecule has 1 aliphatic rings. The van der Waals surface area contributed by atoms with Gasteiger partial charge in [-0.1, -0.05) is 30.3 Å². The zero-order valence-electron chi connectivity index (χ0n) is 16.4. The molecule has 0 unspecified atom stereocenters. The number of sulfone groups is 1. The highest BCUT2D eigenvalue weighted by Gasteiger charge is 2.32. The number of hydrogen-bond donors (Lipinski definition) is 0. The molecule has 1 saturated heterocycles. The smallest absolute Gasteiger partial charge is 0.223 e. The molecule has 0 saturated carbocycles. The van der Waals surface area contributed by atoms with Crippen molar-refractivity contribution in [2.45, 2.75) is 35.8 Å². The first-order valence-electron chi connectivity index (χ1n) is 9.66. The number of rotatable bonds is 7. The Labute approximate surface area is 171 Å². The van der Waals surface area contributed by atoms with Gasteiger partial charge in [0.2, 0.25) is 5.91 Å². The fourth-order valence-electron chi connectivity index (χ4n) is 3.52. The maximum atomic E-state index is 12.8. The third-order valence-corrected chi connectivity index (χ3v) is 7.56. The van der Waals surface area contributed by atoms with Crippen molar-refractivity contribution in [2.24, 2.45) is 0 Å². The third-order valence-electron chi connectivity index (χ3n) is 5.28. The second kappa shape index (κ2) is 9.22. The summed E-state index contributed by atoms with van der Waals surface area (Å²) in [6.07, 6.45) is 1.09. The maximum absolute atomic E-state index is 12.8. The molecule has 1 heterocycles. The molecule has 3 rings (SSSR count). The van der Waals surface area contributed by atoms with E-state index in [0.717, 1.165) is 0 Å². The number of ether oxygens (including phenoxy) is 1. The van der Waals surface area contributed by atoms with Gasteiger partial charge in [-0.25, -0.2) is 8.42 Å². The number of benzene rings is 2. The Balaban J connectivity index is 1.52. The molecule has 1 fully saturated rings. The van der Waals surface area contributed by atoms with Crippen LogP contribution in [0.25, 0.3) is 0 Å². The Hall–Kier alpha value is -2.67. The summed E-state index contributed by atoms with van der Waals surface area (Å²) in [5, 5.41) is -0.508. The molecule has 2 aromatic carbocycles. The number of Topliss-reactive ketones (excluding diaryl/α,β-unsaturated/α-hetero) is 1. The highest BCUT2D eigenvalue weighted by molar-refractivity contribution is 7.92. The lowest BCUT2D eigenvalue weighted by Gasteiger charge is -2.31. The van der Waals surface area contributed by atoms with Crippen LogP contribution < -0.4 is 4.74 Å². The van der Waals surface area contributed by atoms with E-state index < -0.39 is 15.1 Å². The van der Waals surface area contributed by atoms with Crippen molar-refractivity contribution < 1.29 is 22.7 Å². The summed E-state index contributed by atoms with van der Waals surface area (Å²) in [5.74, 6) is 0.444. The van der Waals surface area contributed by atoms with Crippen LogP contribution in [-0.2, 0) is 14.6 Å². The summed E-state index contributed by atoms with van der Waals surface area (Å²) in [6, 6.07) is 15.3. The fourth-order valence-corrected chi connectivity index (χ4v) is 5.25. The average Bonchev–Trinajstić information content (AvgIpc) is 2.78. The zero-order valence-corrected chi connectivity index (χ0v) is 17.2. The molecule has 7 heteroatoms. The highest BCUT2D eigenvalue weighted by atomic mass is 32.2. The number of hydrogen-bond acceptors (Lipinski definition) is 5. The van der Waals surface area contributed by atoms with Gasteiger partial charge in [-0.15, -0.1) is 0 Å². The monoisotopic (exact) mass is 415 g/mol. The second-order valence-electron chi connectivity index (χ2n) is 7.09. The zero-order chi connectivity index (χ0) is 20.9. The maximum Gasteiger partial charge on any atom is 0.223 e. The van der Waals surface area contributed by atoms with Crippen molar-refractivity contribution in [3.8, 4) is 5.75 Å². The Kier molecular flexibility index (Phi) is 6.69. The first kappa shape index (κ1) is 21.0. The van der Waals surface area contributed by atoms with E-state index in [0.29, 0.717) is 37.2 Å². The van der Waals surface area contributed by atoms with Crippen LogP contribution in [-0.4, -0.2) is 50.5 Å². The molecular formula is C22H25NO5S. The van der Waals surface area contributed by atoms with E-state index >= 15 is 0 Å². The van der Waals surface area contributed by atoms with Gasteiger partial charge in [0.25, 0.3) is 0 Å². The third kappa shape index (κ3) is 5.03. The van der Waals surface area contributed by atoms with Gasteiger partial charge in [0.1, 0.15) is 5.75 Å². The van der Waals surface area contributed by atoms with Gasteiger partial charge in [0, 0.05) is 31.5 Å². The lowest BCUT2D eigenvalue weighted by molar-refractivity contribution is -0.132. The number of piperidine rings is 1. The number of carbonyl (C=O) groups excluding carboxylic acids is 2. The molecular weight excluding hydrogens is 390 g/mol. The summed E-state index contributed by atoms with van der Waals surface area (Å²) in [6.45, 7) is 0.775. The molecule has 0 aliphatic carbocycles. The average molecular weight is 416 g/mol. The summed E-state index contributed by atoms with van der Waals surface area (Å²) in [5.41, 5.74) is 0.601. The van der Waals surface area contributed by atoms with Crippen molar-refractivity contribution in [1.82, 2.24) is 4.90 Å². The van der Waals surface area contributed by atoms with Crippen LogP contribution in [0.2, 0.25) is 0 Å². The lowest BCUT2D eigenvalue weighted by atomic mass is 10.1. The predicted molar refractivity (Wildman–Crippen MR) is 110 cm³/mol. The van der Waals surface area contributed by atoms with Crippen LogP contribution >= 0.6 is 0 Å². The largest absolute Gasteiger partial charge is 0.497 e. The normalized spacial score (nSPS) is 15.1. The first-order chi connectivity index (χ1) is 13.9. The minimum absolute atomic E-state index is 0.0593. The van der Waals surface area contributed by atoms with Gasteiger partial charge in [-0.2, -0.15) is 0 Å². The fraction of sp³-hybridized carbons (Fsp3) is 0.364. The van der Waals surface area contributed by atoms with Crippen LogP contribution in [0, 0.1) is 0 Å². The number of nitrogens with zero attached hydrogens (tertiary/aromatic N) is 1. The van der Waals surface area contributed by atoms with E-state index in [2.05, 4.69) is 0 Å². The van der Waals surface area contributed by atoms with Crippen LogP contribution in [0.1, 0.15) is 36.0 Å². The molecule has 1 aliphatic heterocycles. The van der Waals surface area contributed by atoms with Crippen molar-refractivity contribution in [1.29, 1.82) is 0 Å². The summed E-state index contributed by atoms with van der Waals surface area (Å²) >= 11 is 0. The molecule has 0 spiro atoms. The molecule has 0 atom stereocenters. The van der Waals surface area contributed by atoms with Gasteiger partial charge < -0.3 is 9.64 Å². The molecule has 2 aromatic rings. The summed E-state index contributed by atoms with van der Waals surface area (Å²) in [7, 11) is -1.91. The lowest BCUT2D eigenvalue weighted by Crippen LogP contribution is -2.42. The Bertz CT molecular complexity index is 946. The van der Waals surface area contributed by atoms with Crippen LogP contribution in [0.3, 0.4) is 0 Å². The first-order valence-corrected chi connectivity index (χ1v) is 11.2. The molecule has 0 N–H and O–H groups in total. The molecule has 1 amide bonds. The Morgan fingerprint density at radius 3 is 2.17 bits per heavy atom. The minimum atomic E-state index is -3.45. The highest BCUT2D eigenvalue weighted by Crippen LogP contribution is 2.26. The van der Waals surface area contributed by atoms with E-state index in [1.807, 2.05) is 6.07 Å². The van der Waals surface area contributed by atoms with Crippen molar-refractivity contribution in [2.75, 3.05) is 20.2 Å². The van der Waals surface area contributed by atoms with Gasteiger partial charge in [0.15, 0.2) is 15.6 Å². The van der Waals surface area contributed by atoms with E-state index in [1.54, 1.807) is 53.4 Å². The number of amides is 1. The van der Waals surface area contributed by atoms with Crippen molar-refractivity contribution >= 4 is 21.5 Å². The number of likely N-dealkylation sites (tertiary alicyclic amines) is 1. The number of ketones is 1. The van der Waals surface area contributed by atoms with Crippen LogP contribution in [0.5, 0.6) is 5.75 Å². The molecule has 0 bridgehead atoms. The van der Waals surface area contributed by atoms with Crippen LogP contribution in [0.4, 0.5) is 0 Å². The van der Waals surface area contributed by atoms with E-state index in [-0.39, 0.29) is 29.4 Å². The van der Waals surface area contributed by atoms with Gasteiger partial charge in [-0.05, 0) is 37.1 Å². The minimum Gasteiger partial charge on any atom is -0.497 e. The SMILES string of the molecule is COc1ccc(S(=O)(=O)C2CCN(C(=O)CCC(=O)c3ccccc3)CC2)cc1. The Morgan fingerprint density at radius 2 is 1.59 bits per heavy atom. The van der Waals surface area contributed by atoms with Crippen LogP contribution in [0.15, 0.2) is 59.5 Å². The van der Waals surface area contributed by atoms with Gasteiger partial charge >= 0.3 is 0 Å².